The third kappa shape index (κ3) is 4.30. The minimum atomic E-state index is -3.60. The Morgan fingerprint density at radius 2 is 1.91 bits per heavy atom. The van der Waals surface area contributed by atoms with Crippen LogP contribution in [0.4, 0.5) is 0 Å². The van der Waals surface area contributed by atoms with Crippen LogP contribution in [0, 0.1) is 11.3 Å². The Morgan fingerprint density at radius 1 is 1.30 bits per heavy atom. The lowest BCUT2D eigenvalue weighted by atomic mass is 10.1. The molecule has 0 saturated carbocycles. The third-order valence-electron chi connectivity index (χ3n) is 3.79. The highest BCUT2D eigenvalue weighted by molar-refractivity contribution is 7.89. The van der Waals surface area contributed by atoms with E-state index in [4.69, 9.17) is 5.26 Å². The Labute approximate surface area is 138 Å². The average Bonchev–Trinajstić information content (AvgIpc) is 2.54. The number of rotatable bonds is 7. The molecule has 0 aliphatic carbocycles. The molecule has 0 aliphatic rings. The molecule has 0 saturated heterocycles. The van der Waals surface area contributed by atoms with Crippen LogP contribution in [0.5, 0.6) is 0 Å². The fourth-order valence-electron chi connectivity index (χ4n) is 2.18. The summed E-state index contributed by atoms with van der Waals surface area (Å²) in [5.41, 5.74) is 0.297. The van der Waals surface area contributed by atoms with Gasteiger partial charge in [0, 0.05) is 31.7 Å². The van der Waals surface area contributed by atoms with E-state index in [0.29, 0.717) is 18.7 Å². The fourth-order valence-corrected chi connectivity index (χ4v) is 3.68. The number of nitriles is 1. The molecular formula is C16H23N3O3S. The molecule has 0 bridgehead atoms. The van der Waals surface area contributed by atoms with Crippen LogP contribution < -0.4 is 0 Å². The number of carbonyl (C=O) groups excluding carboxylic acids is 1. The van der Waals surface area contributed by atoms with Crippen molar-refractivity contribution in [3.05, 3.63) is 29.8 Å². The van der Waals surface area contributed by atoms with Crippen molar-refractivity contribution < 1.29 is 13.2 Å². The van der Waals surface area contributed by atoms with Crippen LogP contribution in [0.1, 0.15) is 37.6 Å². The normalized spacial score (nSPS) is 12.7. The molecule has 6 nitrogen and oxygen atoms in total. The molecule has 0 N–H and O–H groups in total. The summed E-state index contributed by atoms with van der Waals surface area (Å²) in [4.78, 5) is 14.0. The second kappa shape index (κ2) is 8.09. The average molecular weight is 337 g/mol. The van der Waals surface area contributed by atoms with Gasteiger partial charge in [0.25, 0.3) is 5.91 Å². The first-order valence-corrected chi connectivity index (χ1v) is 8.97. The van der Waals surface area contributed by atoms with Crippen LogP contribution in [-0.2, 0) is 10.0 Å². The third-order valence-corrected chi connectivity index (χ3v) is 5.84. The Balaban J connectivity index is 3.15. The van der Waals surface area contributed by atoms with Crippen LogP contribution >= 0.6 is 0 Å². The Hall–Kier alpha value is -1.91. The Morgan fingerprint density at radius 3 is 2.43 bits per heavy atom. The number of sulfonamides is 1. The van der Waals surface area contributed by atoms with Gasteiger partial charge in [-0.25, -0.2) is 8.42 Å². The largest absolute Gasteiger partial charge is 0.338 e. The van der Waals surface area contributed by atoms with Gasteiger partial charge >= 0.3 is 0 Å². The van der Waals surface area contributed by atoms with E-state index in [1.54, 1.807) is 40.0 Å². The van der Waals surface area contributed by atoms with Crippen LogP contribution in [0.3, 0.4) is 0 Å². The van der Waals surface area contributed by atoms with Gasteiger partial charge < -0.3 is 4.90 Å². The second-order valence-corrected chi connectivity index (χ2v) is 7.18. The summed E-state index contributed by atoms with van der Waals surface area (Å²) in [6, 6.07) is 7.81. The zero-order chi connectivity index (χ0) is 17.6. The maximum absolute atomic E-state index is 12.5. The van der Waals surface area contributed by atoms with Gasteiger partial charge in [0.15, 0.2) is 0 Å². The maximum atomic E-state index is 12.5. The van der Waals surface area contributed by atoms with Gasteiger partial charge in [-0.2, -0.15) is 9.57 Å². The van der Waals surface area contributed by atoms with E-state index in [9.17, 15) is 13.2 Å². The highest BCUT2D eigenvalue weighted by Crippen LogP contribution is 2.18. The van der Waals surface area contributed by atoms with Gasteiger partial charge in [-0.3, -0.25) is 4.79 Å². The molecule has 1 amide bonds. The zero-order valence-electron chi connectivity index (χ0n) is 14.0. The van der Waals surface area contributed by atoms with Gasteiger partial charge in [-0.1, -0.05) is 19.9 Å². The summed E-state index contributed by atoms with van der Waals surface area (Å²) in [5, 5.41) is 8.73. The smallest absolute Gasteiger partial charge is 0.253 e. The maximum Gasteiger partial charge on any atom is 0.253 e. The van der Waals surface area contributed by atoms with E-state index in [1.165, 1.54) is 21.3 Å². The van der Waals surface area contributed by atoms with Gasteiger partial charge in [0.1, 0.15) is 0 Å². The first-order valence-electron chi connectivity index (χ1n) is 7.53. The summed E-state index contributed by atoms with van der Waals surface area (Å²) in [5.74, 6) is -0.302. The Bertz CT molecular complexity index is 691. The van der Waals surface area contributed by atoms with Crippen molar-refractivity contribution in [2.24, 2.45) is 0 Å². The summed E-state index contributed by atoms with van der Waals surface area (Å²) in [6.07, 6.45) is 0.222. The van der Waals surface area contributed by atoms with Crippen molar-refractivity contribution in [2.75, 3.05) is 20.1 Å². The van der Waals surface area contributed by atoms with Crippen molar-refractivity contribution in [1.82, 2.24) is 9.21 Å². The lowest BCUT2D eigenvalue weighted by Crippen LogP contribution is -2.35. The highest BCUT2D eigenvalue weighted by atomic mass is 32.2. The lowest BCUT2D eigenvalue weighted by molar-refractivity contribution is 0.0746. The molecule has 0 aliphatic heterocycles. The van der Waals surface area contributed by atoms with Crippen molar-refractivity contribution in [3.63, 3.8) is 0 Å². The first-order chi connectivity index (χ1) is 10.8. The second-order valence-electron chi connectivity index (χ2n) is 5.24. The topological polar surface area (TPSA) is 81.5 Å². The van der Waals surface area contributed by atoms with Gasteiger partial charge in [0.05, 0.1) is 17.4 Å². The minimum Gasteiger partial charge on any atom is -0.338 e. The van der Waals surface area contributed by atoms with E-state index >= 15 is 0 Å². The van der Waals surface area contributed by atoms with Crippen LogP contribution in [0.25, 0.3) is 0 Å². The SMILES string of the molecule is CCN(CC)S(=O)(=O)c1cccc(C(=O)N(C)[C@H](C)CC#N)c1. The number of amides is 1. The molecule has 0 fully saturated rings. The fraction of sp³-hybridized carbons (Fsp3) is 0.500. The van der Waals surface area contributed by atoms with Crippen molar-refractivity contribution in [2.45, 2.75) is 38.1 Å². The van der Waals surface area contributed by atoms with E-state index in [0.717, 1.165) is 0 Å². The number of carbonyl (C=O) groups is 1. The molecule has 0 aromatic heterocycles. The van der Waals surface area contributed by atoms with E-state index in [1.807, 2.05) is 6.07 Å². The number of nitrogens with zero attached hydrogens (tertiary/aromatic N) is 3. The van der Waals surface area contributed by atoms with Crippen LogP contribution in [-0.4, -0.2) is 49.7 Å². The first kappa shape index (κ1) is 19.1. The monoisotopic (exact) mass is 337 g/mol. The summed E-state index contributed by atoms with van der Waals surface area (Å²) >= 11 is 0. The molecule has 1 aromatic carbocycles. The standard InChI is InChI=1S/C16H23N3O3S/c1-5-19(6-2)23(21,22)15-9-7-8-14(12-15)16(20)18(4)13(3)10-11-17/h7-9,12-13H,5-6,10H2,1-4H3/t13-/m1/s1. The van der Waals surface area contributed by atoms with E-state index in [2.05, 4.69) is 0 Å². The molecule has 7 heteroatoms. The van der Waals surface area contributed by atoms with E-state index < -0.39 is 10.0 Å². The molecule has 1 aromatic rings. The number of hydrogen-bond acceptors (Lipinski definition) is 4. The van der Waals surface area contributed by atoms with E-state index in [-0.39, 0.29) is 23.3 Å². The number of benzene rings is 1. The molecule has 0 unspecified atom stereocenters. The molecule has 1 atom stereocenters. The molecule has 126 valence electrons. The molecule has 0 spiro atoms. The predicted molar refractivity (Wildman–Crippen MR) is 88.3 cm³/mol. The van der Waals surface area contributed by atoms with Crippen LogP contribution in [0.2, 0.25) is 0 Å². The minimum absolute atomic E-state index is 0.105. The van der Waals surface area contributed by atoms with Gasteiger partial charge in [-0.15, -0.1) is 0 Å². The lowest BCUT2D eigenvalue weighted by Gasteiger charge is -2.23. The molecule has 23 heavy (non-hydrogen) atoms. The van der Waals surface area contributed by atoms with Crippen molar-refractivity contribution in [1.29, 1.82) is 5.26 Å². The van der Waals surface area contributed by atoms with Gasteiger partial charge in [0.2, 0.25) is 10.0 Å². The zero-order valence-corrected chi connectivity index (χ0v) is 14.8. The Kier molecular flexibility index (Phi) is 6.73. The molecule has 1 rings (SSSR count). The number of hydrogen-bond donors (Lipinski definition) is 0. The summed E-state index contributed by atoms with van der Waals surface area (Å²) in [6.45, 7) is 6.06. The summed E-state index contributed by atoms with van der Waals surface area (Å²) in [7, 11) is -2.00. The van der Waals surface area contributed by atoms with Crippen molar-refractivity contribution in [3.8, 4) is 6.07 Å². The quantitative estimate of drug-likeness (QED) is 0.763. The van der Waals surface area contributed by atoms with Crippen LogP contribution in [0.15, 0.2) is 29.2 Å². The highest BCUT2D eigenvalue weighted by Gasteiger charge is 2.24. The van der Waals surface area contributed by atoms with Crippen molar-refractivity contribution >= 4 is 15.9 Å². The van der Waals surface area contributed by atoms with Gasteiger partial charge in [-0.05, 0) is 25.1 Å². The molecular weight excluding hydrogens is 314 g/mol. The predicted octanol–water partition coefficient (Wildman–Crippen LogP) is 2.09. The molecule has 0 radical (unpaired) electrons. The summed E-state index contributed by atoms with van der Waals surface area (Å²) < 4.78 is 26.4. The molecule has 0 heterocycles.